The molecule has 1 amide bonds. The molecule has 1 heterocycles. The van der Waals surface area contributed by atoms with Crippen molar-refractivity contribution in [3.05, 3.63) is 0 Å². The van der Waals surface area contributed by atoms with Crippen LogP contribution in [0.5, 0.6) is 0 Å². The fraction of sp³-hybridized carbons (Fsp3) is 0.857. The van der Waals surface area contributed by atoms with Crippen molar-refractivity contribution in [2.75, 3.05) is 19.8 Å². The van der Waals surface area contributed by atoms with E-state index in [1.54, 1.807) is 0 Å². The lowest BCUT2D eigenvalue weighted by Gasteiger charge is -2.27. The van der Waals surface area contributed by atoms with E-state index in [9.17, 15) is 9.59 Å². The highest BCUT2D eigenvalue weighted by Gasteiger charge is 2.27. The van der Waals surface area contributed by atoms with Crippen molar-refractivity contribution < 1.29 is 19.4 Å². The highest BCUT2D eigenvalue weighted by molar-refractivity contribution is 5.78. The van der Waals surface area contributed by atoms with E-state index in [-0.39, 0.29) is 17.7 Å². The molecule has 2 aliphatic rings. The maximum Gasteiger partial charge on any atom is 0.306 e. The normalized spacial score (nSPS) is 31.7. The third kappa shape index (κ3) is 4.20. The van der Waals surface area contributed by atoms with E-state index in [4.69, 9.17) is 9.84 Å². The number of aliphatic carboxylic acids is 1. The standard InChI is InChI=1S/C14H23NO4/c16-13(12-2-1-7-19-9-12)15-8-10-3-5-11(6-4-10)14(17)18/h10-12H,1-9H2,(H,15,16)(H,17,18). The molecule has 108 valence electrons. The van der Waals surface area contributed by atoms with Crippen molar-refractivity contribution in [2.45, 2.75) is 38.5 Å². The molecule has 2 N–H and O–H groups in total. The SMILES string of the molecule is O=C(O)C1CCC(CNC(=O)C2CCCOC2)CC1. The van der Waals surface area contributed by atoms with Gasteiger partial charge in [-0.25, -0.2) is 0 Å². The Morgan fingerprint density at radius 3 is 2.42 bits per heavy atom. The van der Waals surface area contributed by atoms with Gasteiger partial charge in [0.15, 0.2) is 0 Å². The summed E-state index contributed by atoms with van der Waals surface area (Å²) in [5.74, 6) is -0.325. The summed E-state index contributed by atoms with van der Waals surface area (Å²) < 4.78 is 5.31. The second-order valence-electron chi connectivity index (χ2n) is 5.72. The van der Waals surface area contributed by atoms with Crippen LogP contribution in [0.25, 0.3) is 0 Å². The number of hydrogen-bond donors (Lipinski definition) is 2. The van der Waals surface area contributed by atoms with Gasteiger partial charge in [-0.15, -0.1) is 0 Å². The number of carboxylic acids is 1. The highest BCUT2D eigenvalue weighted by atomic mass is 16.5. The van der Waals surface area contributed by atoms with Gasteiger partial charge in [-0.3, -0.25) is 9.59 Å². The molecule has 0 aromatic heterocycles. The van der Waals surface area contributed by atoms with Crippen LogP contribution in [0, 0.1) is 17.8 Å². The number of nitrogens with one attached hydrogen (secondary N) is 1. The van der Waals surface area contributed by atoms with Crippen molar-refractivity contribution in [3.63, 3.8) is 0 Å². The molecule has 1 atom stereocenters. The van der Waals surface area contributed by atoms with E-state index in [1.165, 1.54) is 0 Å². The molecule has 1 aliphatic carbocycles. The van der Waals surface area contributed by atoms with Crippen LogP contribution in [0.2, 0.25) is 0 Å². The number of carbonyl (C=O) groups excluding carboxylic acids is 1. The zero-order valence-corrected chi connectivity index (χ0v) is 11.3. The van der Waals surface area contributed by atoms with E-state index < -0.39 is 5.97 Å². The van der Waals surface area contributed by atoms with Crippen LogP contribution in [0.4, 0.5) is 0 Å². The second kappa shape index (κ2) is 6.89. The smallest absolute Gasteiger partial charge is 0.306 e. The molecule has 1 saturated carbocycles. The summed E-state index contributed by atoms with van der Waals surface area (Å²) in [6.07, 6.45) is 5.15. The third-order valence-electron chi connectivity index (χ3n) is 4.29. The first kappa shape index (κ1) is 14.3. The summed E-state index contributed by atoms with van der Waals surface area (Å²) in [5, 5.41) is 11.9. The Bertz CT molecular complexity index is 317. The van der Waals surface area contributed by atoms with Gasteiger partial charge in [0.2, 0.25) is 5.91 Å². The molecule has 0 radical (unpaired) electrons. The fourth-order valence-electron chi connectivity index (χ4n) is 2.95. The van der Waals surface area contributed by atoms with Gasteiger partial charge >= 0.3 is 5.97 Å². The zero-order chi connectivity index (χ0) is 13.7. The average molecular weight is 269 g/mol. The molecule has 5 heteroatoms. The highest BCUT2D eigenvalue weighted by Crippen LogP contribution is 2.28. The van der Waals surface area contributed by atoms with Gasteiger partial charge in [0.05, 0.1) is 18.4 Å². The summed E-state index contributed by atoms with van der Waals surface area (Å²) in [6.45, 7) is 1.99. The monoisotopic (exact) mass is 269 g/mol. The largest absolute Gasteiger partial charge is 0.481 e. The van der Waals surface area contributed by atoms with Crippen LogP contribution < -0.4 is 5.32 Å². The van der Waals surface area contributed by atoms with Gasteiger partial charge in [0.25, 0.3) is 0 Å². The molecule has 1 saturated heterocycles. The summed E-state index contributed by atoms with van der Waals surface area (Å²) >= 11 is 0. The first-order valence-electron chi connectivity index (χ1n) is 7.25. The number of amides is 1. The molecular formula is C14H23NO4. The molecule has 1 unspecified atom stereocenters. The zero-order valence-electron chi connectivity index (χ0n) is 11.3. The lowest BCUT2D eigenvalue weighted by molar-refractivity contribution is -0.143. The molecule has 5 nitrogen and oxygen atoms in total. The molecule has 0 spiro atoms. The number of ether oxygens (including phenoxy) is 1. The van der Waals surface area contributed by atoms with Crippen molar-refractivity contribution in [1.82, 2.24) is 5.32 Å². The minimum Gasteiger partial charge on any atom is -0.481 e. The number of hydrogen-bond acceptors (Lipinski definition) is 3. The Morgan fingerprint density at radius 2 is 1.84 bits per heavy atom. The first-order chi connectivity index (χ1) is 9.16. The molecule has 1 aliphatic heterocycles. The van der Waals surface area contributed by atoms with Crippen LogP contribution in [-0.4, -0.2) is 36.7 Å². The lowest BCUT2D eigenvalue weighted by atomic mass is 9.82. The molecule has 0 bridgehead atoms. The summed E-state index contributed by atoms with van der Waals surface area (Å²) in [5.41, 5.74) is 0. The molecular weight excluding hydrogens is 246 g/mol. The Hall–Kier alpha value is -1.10. The fourth-order valence-corrected chi connectivity index (χ4v) is 2.95. The maximum atomic E-state index is 11.9. The predicted octanol–water partition coefficient (Wildman–Crippen LogP) is 1.42. The second-order valence-corrected chi connectivity index (χ2v) is 5.72. The number of carboxylic acid groups (broad SMARTS) is 1. The molecule has 0 aromatic rings. The summed E-state index contributed by atoms with van der Waals surface area (Å²) in [7, 11) is 0. The summed E-state index contributed by atoms with van der Waals surface area (Å²) in [6, 6.07) is 0. The van der Waals surface area contributed by atoms with Crippen LogP contribution in [-0.2, 0) is 14.3 Å². The third-order valence-corrected chi connectivity index (χ3v) is 4.29. The van der Waals surface area contributed by atoms with Gasteiger partial charge in [-0.1, -0.05) is 0 Å². The average Bonchev–Trinajstić information content (AvgIpc) is 2.46. The van der Waals surface area contributed by atoms with Gasteiger partial charge in [0, 0.05) is 13.2 Å². The van der Waals surface area contributed by atoms with Gasteiger partial charge < -0.3 is 15.2 Å². The van der Waals surface area contributed by atoms with Gasteiger partial charge in [-0.05, 0) is 44.4 Å². The van der Waals surface area contributed by atoms with E-state index in [1.807, 2.05) is 0 Å². The van der Waals surface area contributed by atoms with Gasteiger partial charge in [-0.2, -0.15) is 0 Å². The Morgan fingerprint density at radius 1 is 1.11 bits per heavy atom. The van der Waals surface area contributed by atoms with Gasteiger partial charge in [0.1, 0.15) is 0 Å². The summed E-state index contributed by atoms with van der Waals surface area (Å²) in [4.78, 5) is 22.8. The Labute approximate surface area is 113 Å². The van der Waals surface area contributed by atoms with Crippen molar-refractivity contribution in [1.29, 1.82) is 0 Å². The molecule has 2 rings (SSSR count). The quantitative estimate of drug-likeness (QED) is 0.809. The minimum atomic E-state index is -0.679. The van der Waals surface area contributed by atoms with Crippen LogP contribution >= 0.6 is 0 Å². The van der Waals surface area contributed by atoms with E-state index in [0.29, 0.717) is 19.1 Å². The number of carbonyl (C=O) groups is 2. The first-order valence-corrected chi connectivity index (χ1v) is 7.25. The maximum absolute atomic E-state index is 11.9. The van der Waals surface area contributed by atoms with Crippen molar-refractivity contribution in [3.8, 4) is 0 Å². The van der Waals surface area contributed by atoms with E-state index >= 15 is 0 Å². The van der Waals surface area contributed by atoms with Crippen molar-refractivity contribution >= 4 is 11.9 Å². The molecule has 0 aromatic carbocycles. The van der Waals surface area contributed by atoms with Crippen LogP contribution in [0.15, 0.2) is 0 Å². The minimum absolute atomic E-state index is 0.00380. The van der Waals surface area contributed by atoms with Crippen molar-refractivity contribution in [2.24, 2.45) is 17.8 Å². The topological polar surface area (TPSA) is 75.6 Å². The Balaban J connectivity index is 1.66. The van der Waals surface area contributed by atoms with E-state index in [2.05, 4.69) is 5.32 Å². The van der Waals surface area contributed by atoms with Crippen LogP contribution in [0.3, 0.4) is 0 Å². The lowest BCUT2D eigenvalue weighted by Crippen LogP contribution is -2.39. The Kier molecular flexibility index (Phi) is 5.19. The molecule has 2 fully saturated rings. The van der Waals surface area contributed by atoms with Crippen LogP contribution in [0.1, 0.15) is 38.5 Å². The molecule has 19 heavy (non-hydrogen) atoms. The number of rotatable bonds is 4. The van der Waals surface area contributed by atoms with E-state index in [0.717, 1.165) is 45.1 Å². The predicted molar refractivity (Wildman–Crippen MR) is 69.6 cm³/mol.